The summed E-state index contributed by atoms with van der Waals surface area (Å²) >= 11 is 0. The number of nitrogens with one attached hydrogen (secondary N) is 1. The van der Waals surface area contributed by atoms with Crippen LogP contribution in [0.2, 0.25) is 0 Å². The lowest BCUT2D eigenvalue weighted by Gasteiger charge is -2.31. The van der Waals surface area contributed by atoms with Crippen LogP contribution in [0.25, 0.3) is 0 Å². The summed E-state index contributed by atoms with van der Waals surface area (Å²) in [6.07, 6.45) is 0.185. The van der Waals surface area contributed by atoms with E-state index in [-0.39, 0.29) is 25.0 Å². The molecule has 18 heavy (non-hydrogen) atoms. The number of carbonyl (C=O) groups is 2. The van der Waals surface area contributed by atoms with E-state index in [2.05, 4.69) is 5.32 Å². The Morgan fingerprint density at radius 2 is 2.06 bits per heavy atom. The van der Waals surface area contributed by atoms with Crippen molar-refractivity contribution in [1.82, 2.24) is 10.2 Å². The van der Waals surface area contributed by atoms with Crippen LogP contribution in [-0.2, 0) is 9.53 Å². The zero-order chi connectivity index (χ0) is 13.5. The molecule has 3 N–H and O–H groups in total. The van der Waals surface area contributed by atoms with E-state index in [4.69, 9.17) is 14.9 Å². The van der Waals surface area contributed by atoms with Crippen LogP contribution in [0.3, 0.4) is 0 Å². The molecule has 0 bridgehead atoms. The molecule has 1 aliphatic rings. The number of aliphatic carboxylic acids is 1. The first kappa shape index (κ1) is 14.7. The highest BCUT2D eigenvalue weighted by molar-refractivity contribution is 5.74. The summed E-state index contributed by atoms with van der Waals surface area (Å²) in [6, 6.07) is -0.0948. The van der Waals surface area contributed by atoms with Crippen LogP contribution in [0.5, 0.6) is 0 Å². The van der Waals surface area contributed by atoms with Crippen molar-refractivity contribution >= 4 is 12.0 Å². The highest BCUT2D eigenvalue weighted by Gasteiger charge is 2.22. The molecule has 0 spiro atoms. The fraction of sp³-hybridized carbons (Fsp3) is 0.818. The van der Waals surface area contributed by atoms with Gasteiger partial charge in [-0.3, -0.25) is 0 Å². The largest absolute Gasteiger partial charge is 0.479 e. The predicted octanol–water partition coefficient (Wildman–Crippen LogP) is -0.358. The summed E-state index contributed by atoms with van der Waals surface area (Å²) in [6.45, 7) is 1.44. The smallest absolute Gasteiger partial charge is 0.332 e. The Hall–Kier alpha value is -1.34. The van der Waals surface area contributed by atoms with Crippen molar-refractivity contribution in [3.8, 4) is 0 Å². The Kier molecular flexibility index (Phi) is 5.87. The molecular formula is C11H20N2O5. The fourth-order valence-electron chi connectivity index (χ4n) is 1.80. The van der Waals surface area contributed by atoms with Gasteiger partial charge in [-0.2, -0.15) is 0 Å². The maximum atomic E-state index is 11.7. The number of nitrogens with zero attached hydrogens (tertiary/aromatic N) is 1. The number of aliphatic hydroxyl groups excluding tert-OH is 1. The second kappa shape index (κ2) is 7.17. The molecule has 1 heterocycles. The Bertz CT molecular complexity index is 291. The molecule has 7 heteroatoms. The molecule has 1 fully saturated rings. The third-order valence-electron chi connectivity index (χ3n) is 3.04. The predicted molar refractivity (Wildman–Crippen MR) is 63.3 cm³/mol. The van der Waals surface area contributed by atoms with Gasteiger partial charge in [-0.05, 0) is 12.8 Å². The Balaban J connectivity index is 2.24. The van der Waals surface area contributed by atoms with Crippen molar-refractivity contribution in [1.29, 1.82) is 0 Å². The van der Waals surface area contributed by atoms with Crippen LogP contribution >= 0.6 is 0 Å². The summed E-state index contributed by atoms with van der Waals surface area (Å²) < 4.78 is 5.21. The molecule has 0 aromatic heterocycles. The maximum absolute atomic E-state index is 11.7. The third-order valence-corrected chi connectivity index (χ3v) is 3.04. The number of carboxylic acid groups (broad SMARTS) is 1. The Labute approximate surface area is 106 Å². The van der Waals surface area contributed by atoms with Crippen LogP contribution in [0, 0.1) is 0 Å². The van der Waals surface area contributed by atoms with E-state index in [1.54, 1.807) is 11.9 Å². The SMILES string of the molecule is CN(C(=O)NCC[C@H](O)C(=O)O)C1CCOCC1. The average molecular weight is 260 g/mol. The zero-order valence-corrected chi connectivity index (χ0v) is 10.5. The second-order valence-corrected chi connectivity index (χ2v) is 4.33. The molecule has 0 aliphatic carbocycles. The minimum Gasteiger partial charge on any atom is -0.479 e. The van der Waals surface area contributed by atoms with Crippen molar-refractivity contribution in [2.24, 2.45) is 0 Å². The molecule has 7 nitrogen and oxygen atoms in total. The number of carbonyl (C=O) groups excluding carboxylic acids is 1. The summed E-state index contributed by atoms with van der Waals surface area (Å²) in [7, 11) is 1.71. The Morgan fingerprint density at radius 3 is 2.61 bits per heavy atom. The molecule has 104 valence electrons. The molecule has 0 aromatic rings. The van der Waals surface area contributed by atoms with Crippen LogP contribution in [-0.4, -0.2) is 66.1 Å². The first-order valence-electron chi connectivity index (χ1n) is 6.01. The van der Waals surface area contributed by atoms with Gasteiger partial charge in [0.2, 0.25) is 0 Å². The van der Waals surface area contributed by atoms with Crippen molar-refractivity contribution in [3.63, 3.8) is 0 Å². The van der Waals surface area contributed by atoms with Gasteiger partial charge < -0.3 is 25.2 Å². The monoisotopic (exact) mass is 260 g/mol. The minimum atomic E-state index is -1.43. The third kappa shape index (κ3) is 4.50. The van der Waals surface area contributed by atoms with E-state index in [9.17, 15) is 9.59 Å². The van der Waals surface area contributed by atoms with Crippen LogP contribution in [0.15, 0.2) is 0 Å². The van der Waals surface area contributed by atoms with Gasteiger partial charge in [-0.25, -0.2) is 9.59 Å². The number of ether oxygens (including phenoxy) is 1. The van der Waals surface area contributed by atoms with E-state index in [0.29, 0.717) is 13.2 Å². The molecular weight excluding hydrogens is 240 g/mol. The number of hydrogen-bond donors (Lipinski definition) is 3. The van der Waals surface area contributed by atoms with Crippen molar-refractivity contribution < 1.29 is 24.5 Å². The number of hydrogen-bond acceptors (Lipinski definition) is 4. The van der Waals surface area contributed by atoms with Crippen molar-refractivity contribution in [2.45, 2.75) is 31.4 Å². The molecule has 0 radical (unpaired) electrons. The van der Waals surface area contributed by atoms with Crippen molar-refractivity contribution in [2.75, 3.05) is 26.8 Å². The molecule has 1 saturated heterocycles. The first-order chi connectivity index (χ1) is 8.52. The lowest BCUT2D eigenvalue weighted by molar-refractivity contribution is -0.146. The van der Waals surface area contributed by atoms with Crippen LogP contribution in [0.1, 0.15) is 19.3 Å². The van der Waals surface area contributed by atoms with E-state index in [0.717, 1.165) is 12.8 Å². The molecule has 0 saturated carbocycles. The lowest BCUT2D eigenvalue weighted by Crippen LogP contribution is -2.46. The average Bonchev–Trinajstić information content (AvgIpc) is 2.38. The van der Waals surface area contributed by atoms with E-state index in [1.807, 2.05) is 0 Å². The van der Waals surface area contributed by atoms with Gasteiger partial charge in [0, 0.05) is 39.3 Å². The summed E-state index contributed by atoms with van der Waals surface area (Å²) in [5, 5.41) is 20.1. The lowest BCUT2D eigenvalue weighted by atomic mass is 10.1. The number of aliphatic hydroxyl groups is 1. The van der Waals surface area contributed by atoms with Gasteiger partial charge in [-0.1, -0.05) is 0 Å². The number of carboxylic acids is 1. The standard InChI is InChI=1S/C11H20N2O5/c1-13(8-3-6-18-7-4-8)11(17)12-5-2-9(14)10(15)16/h8-9,14H,2-7H2,1H3,(H,12,17)(H,15,16)/t9-/m0/s1. The maximum Gasteiger partial charge on any atom is 0.332 e. The highest BCUT2D eigenvalue weighted by atomic mass is 16.5. The summed E-state index contributed by atoms with van der Waals surface area (Å²) in [5.41, 5.74) is 0. The van der Waals surface area contributed by atoms with Crippen LogP contribution < -0.4 is 5.32 Å². The Morgan fingerprint density at radius 1 is 1.44 bits per heavy atom. The quantitative estimate of drug-likeness (QED) is 0.627. The number of urea groups is 1. The summed E-state index contributed by atoms with van der Waals surface area (Å²) in [4.78, 5) is 23.7. The van der Waals surface area contributed by atoms with Gasteiger partial charge in [-0.15, -0.1) is 0 Å². The highest BCUT2D eigenvalue weighted by Crippen LogP contribution is 2.12. The van der Waals surface area contributed by atoms with E-state index in [1.165, 1.54) is 0 Å². The van der Waals surface area contributed by atoms with Crippen LogP contribution in [0.4, 0.5) is 4.79 Å². The minimum absolute atomic E-state index is 0.00267. The van der Waals surface area contributed by atoms with Gasteiger partial charge in [0.05, 0.1) is 0 Å². The van der Waals surface area contributed by atoms with Crippen molar-refractivity contribution in [3.05, 3.63) is 0 Å². The van der Waals surface area contributed by atoms with E-state index < -0.39 is 12.1 Å². The zero-order valence-electron chi connectivity index (χ0n) is 10.5. The second-order valence-electron chi connectivity index (χ2n) is 4.33. The molecule has 0 unspecified atom stereocenters. The van der Waals surface area contributed by atoms with E-state index >= 15 is 0 Å². The molecule has 1 atom stereocenters. The number of rotatable bonds is 5. The number of amides is 2. The van der Waals surface area contributed by atoms with Gasteiger partial charge in [0.15, 0.2) is 6.10 Å². The topological polar surface area (TPSA) is 99.1 Å². The van der Waals surface area contributed by atoms with Gasteiger partial charge >= 0.3 is 12.0 Å². The molecule has 2 amide bonds. The molecule has 0 aromatic carbocycles. The summed E-state index contributed by atoms with van der Waals surface area (Å²) in [5.74, 6) is -1.28. The van der Waals surface area contributed by atoms with Gasteiger partial charge in [0.25, 0.3) is 0 Å². The normalized spacial score (nSPS) is 18.1. The molecule has 1 aliphatic heterocycles. The first-order valence-corrected chi connectivity index (χ1v) is 6.01. The van der Waals surface area contributed by atoms with Gasteiger partial charge in [0.1, 0.15) is 0 Å². The molecule has 1 rings (SSSR count). The fourth-order valence-corrected chi connectivity index (χ4v) is 1.80.